The van der Waals surface area contributed by atoms with Crippen LogP contribution < -0.4 is 0 Å². The fraction of sp³-hybridized carbons (Fsp3) is 0.462. The molecule has 0 spiro atoms. The number of benzene rings is 2. The maximum Gasteiger partial charge on any atom is 0.330 e. The Labute approximate surface area is 185 Å². The zero-order valence-electron chi connectivity index (χ0n) is 19.9. The van der Waals surface area contributed by atoms with Crippen molar-refractivity contribution in [1.29, 1.82) is 0 Å². The Kier molecular flexibility index (Phi) is 8.58. The molecule has 0 heterocycles. The highest BCUT2D eigenvalue weighted by Gasteiger charge is 2.25. The Morgan fingerprint density at radius 3 is 1.17 bits per heavy atom. The molecule has 2 aromatic carbocycles. The van der Waals surface area contributed by atoms with E-state index in [-0.39, 0.29) is 23.0 Å². The first-order valence-electron chi connectivity index (χ1n) is 10.8. The quantitative estimate of drug-likeness (QED) is 0.364. The minimum absolute atomic E-state index is 0.0478. The second kappa shape index (κ2) is 10.5. The molecule has 0 aromatic heterocycles. The van der Waals surface area contributed by atoms with E-state index >= 15 is 0 Å². The average Bonchev–Trinajstić information content (AvgIpc) is 2.69. The summed E-state index contributed by atoms with van der Waals surface area (Å²) in [6.07, 6.45) is 0.144. The SMILES string of the molecule is CC(O[B]/C(=C(/[B]OC(C)C(C)(C)C)c1ccccc1)c1ccccc1)C(C)(C)C. The van der Waals surface area contributed by atoms with E-state index < -0.39 is 0 Å². The van der Waals surface area contributed by atoms with Gasteiger partial charge in [-0.1, -0.05) is 102 Å². The van der Waals surface area contributed by atoms with E-state index in [0.717, 1.165) is 22.1 Å². The fourth-order valence-corrected chi connectivity index (χ4v) is 2.56. The van der Waals surface area contributed by atoms with Gasteiger partial charge in [0.15, 0.2) is 0 Å². The lowest BCUT2D eigenvalue weighted by Crippen LogP contribution is -2.29. The van der Waals surface area contributed by atoms with Crippen molar-refractivity contribution in [2.75, 3.05) is 0 Å². The molecule has 0 N–H and O–H groups in total. The molecule has 2 rings (SSSR count). The Bertz CT molecular complexity index is 733. The smallest absolute Gasteiger partial charge is 0.330 e. The van der Waals surface area contributed by atoms with Crippen molar-refractivity contribution in [3.63, 3.8) is 0 Å². The molecular weight excluding hydrogens is 366 g/mol. The van der Waals surface area contributed by atoms with Crippen LogP contribution in [0, 0.1) is 10.8 Å². The molecule has 2 nitrogen and oxygen atoms in total. The van der Waals surface area contributed by atoms with E-state index in [4.69, 9.17) is 9.31 Å². The lowest BCUT2D eigenvalue weighted by Gasteiger charge is -2.29. The van der Waals surface area contributed by atoms with Crippen LogP contribution >= 0.6 is 0 Å². The Morgan fingerprint density at radius 2 is 0.900 bits per heavy atom. The Balaban J connectivity index is 2.48. The molecular formula is C26H36B2O2. The Morgan fingerprint density at radius 1 is 0.600 bits per heavy atom. The van der Waals surface area contributed by atoms with Gasteiger partial charge in [-0.2, -0.15) is 0 Å². The molecule has 0 bridgehead atoms. The van der Waals surface area contributed by atoms with Gasteiger partial charge in [-0.05, 0) is 46.7 Å². The first-order valence-corrected chi connectivity index (χ1v) is 10.8. The molecule has 0 fully saturated rings. The van der Waals surface area contributed by atoms with E-state index in [1.165, 1.54) is 0 Å². The third-order valence-electron chi connectivity index (χ3n) is 5.68. The maximum absolute atomic E-state index is 6.24. The van der Waals surface area contributed by atoms with Gasteiger partial charge >= 0.3 is 15.0 Å². The lowest BCUT2D eigenvalue weighted by atomic mass is 9.67. The van der Waals surface area contributed by atoms with Gasteiger partial charge in [0, 0.05) is 12.2 Å². The van der Waals surface area contributed by atoms with Crippen LogP contribution in [0.4, 0.5) is 0 Å². The van der Waals surface area contributed by atoms with Crippen molar-refractivity contribution in [2.24, 2.45) is 10.8 Å². The highest BCUT2D eigenvalue weighted by atomic mass is 16.4. The molecule has 0 aliphatic rings. The molecule has 2 radical (unpaired) electrons. The van der Waals surface area contributed by atoms with Gasteiger partial charge in [0.25, 0.3) is 0 Å². The fourth-order valence-electron chi connectivity index (χ4n) is 2.56. The third-order valence-corrected chi connectivity index (χ3v) is 5.68. The van der Waals surface area contributed by atoms with Crippen molar-refractivity contribution in [2.45, 2.75) is 67.6 Å². The van der Waals surface area contributed by atoms with E-state index in [0.29, 0.717) is 0 Å². The number of hydrogen-bond donors (Lipinski definition) is 0. The monoisotopic (exact) mass is 402 g/mol. The summed E-state index contributed by atoms with van der Waals surface area (Å²) in [6, 6.07) is 20.7. The first-order chi connectivity index (χ1) is 14.0. The summed E-state index contributed by atoms with van der Waals surface area (Å²) in [7, 11) is 3.80. The normalized spacial score (nSPS) is 15.2. The van der Waals surface area contributed by atoms with Gasteiger partial charge < -0.3 is 9.31 Å². The van der Waals surface area contributed by atoms with Crippen molar-refractivity contribution >= 4 is 25.9 Å². The van der Waals surface area contributed by atoms with Crippen molar-refractivity contribution in [3.05, 3.63) is 71.8 Å². The summed E-state index contributed by atoms with van der Waals surface area (Å²) in [4.78, 5) is 0. The van der Waals surface area contributed by atoms with Gasteiger partial charge in [-0.3, -0.25) is 0 Å². The number of hydrogen-bond acceptors (Lipinski definition) is 2. The summed E-state index contributed by atoms with van der Waals surface area (Å²) < 4.78 is 12.5. The lowest BCUT2D eigenvalue weighted by molar-refractivity contribution is 0.110. The summed E-state index contributed by atoms with van der Waals surface area (Å²) in [5.74, 6) is 0. The van der Waals surface area contributed by atoms with Crippen LogP contribution in [0.1, 0.15) is 66.5 Å². The molecule has 2 atom stereocenters. The van der Waals surface area contributed by atoms with Crippen LogP contribution in [0.5, 0.6) is 0 Å². The molecule has 4 heteroatoms. The molecule has 0 amide bonds. The van der Waals surface area contributed by atoms with Crippen LogP contribution in [0.15, 0.2) is 60.7 Å². The standard InChI is InChI=1S/C26H36B2O2/c1-19(25(3,4)5)29-27-23(21-15-11-9-12-16-21)24(22-17-13-10-14-18-22)28-30-20(2)26(6,7)8/h9-20H,1-8H3/b24-23+. The molecule has 2 aromatic rings. The molecule has 0 aliphatic heterocycles. The second-order valence-electron chi connectivity index (χ2n) is 10.1. The van der Waals surface area contributed by atoms with Gasteiger partial charge in [0.2, 0.25) is 0 Å². The van der Waals surface area contributed by atoms with E-state index in [1.54, 1.807) is 0 Å². The van der Waals surface area contributed by atoms with Gasteiger partial charge in [-0.15, -0.1) is 0 Å². The summed E-state index contributed by atoms with van der Waals surface area (Å²) >= 11 is 0. The minimum Gasteiger partial charge on any atom is -0.431 e. The van der Waals surface area contributed by atoms with E-state index in [1.807, 2.05) is 27.1 Å². The zero-order valence-corrected chi connectivity index (χ0v) is 19.9. The maximum atomic E-state index is 6.24. The second-order valence-corrected chi connectivity index (χ2v) is 10.1. The molecule has 158 valence electrons. The molecule has 0 saturated carbocycles. The van der Waals surface area contributed by atoms with Crippen LogP contribution in [0.3, 0.4) is 0 Å². The molecule has 2 unspecified atom stereocenters. The summed E-state index contributed by atoms with van der Waals surface area (Å²) in [5.41, 5.74) is 4.32. The van der Waals surface area contributed by atoms with Crippen LogP contribution in [-0.4, -0.2) is 27.2 Å². The van der Waals surface area contributed by atoms with Gasteiger partial charge in [-0.25, -0.2) is 0 Å². The van der Waals surface area contributed by atoms with E-state index in [2.05, 4.69) is 104 Å². The van der Waals surface area contributed by atoms with Crippen molar-refractivity contribution in [1.82, 2.24) is 0 Å². The van der Waals surface area contributed by atoms with Gasteiger partial charge in [0.1, 0.15) is 0 Å². The highest BCUT2D eigenvalue weighted by molar-refractivity contribution is 6.70. The number of rotatable bonds is 8. The average molecular weight is 402 g/mol. The molecule has 0 aliphatic carbocycles. The molecule has 0 saturated heterocycles. The largest absolute Gasteiger partial charge is 0.431 e. The highest BCUT2D eigenvalue weighted by Crippen LogP contribution is 2.29. The van der Waals surface area contributed by atoms with Gasteiger partial charge in [0.05, 0.1) is 0 Å². The van der Waals surface area contributed by atoms with E-state index in [9.17, 15) is 0 Å². The zero-order chi connectivity index (χ0) is 22.4. The summed E-state index contributed by atoms with van der Waals surface area (Å²) in [6.45, 7) is 17.4. The van der Waals surface area contributed by atoms with Crippen LogP contribution in [0.2, 0.25) is 0 Å². The third kappa shape index (κ3) is 7.18. The van der Waals surface area contributed by atoms with Crippen molar-refractivity contribution < 1.29 is 9.31 Å². The van der Waals surface area contributed by atoms with Crippen LogP contribution in [-0.2, 0) is 9.31 Å². The van der Waals surface area contributed by atoms with Crippen molar-refractivity contribution in [3.8, 4) is 0 Å². The minimum atomic E-state index is 0.0478. The van der Waals surface area contributed by atoms with Crippen LogP contribution in [0.25, 0.3) is 10.9 Å². The molecule has 30 heavy (non-hydrogen) atoms. The predicted molar refractivity (Wildman–Crippen MR) is 131 cm³/mol. The topological polar surface area (TPSA) is 18.5 Å². The predicted octanol–water partition coefficient (Wildman–Crippen LogP) is 6.65. The Hall–Kier alpha value is -1.77. The first kappa shape index (κ1) is 24.5. The summed E-state index contributed by atoms with van der Waals surface area (Å²) in [5, 5.41) is 0.